The second-order valence-corrected chi connectivity index (χ2v) is 10.3. The number of hydrogen-bond acceptors (Lipinski definition) is 7. The van der Waals surface area contributed by atoms with E-state index in [1.165, 1.54) is 0 Å². The number of nitrogens with zero attached hydrogens (tertiary/aromatic N) is 2. The maximum absolute atomic E-state index is 13.9. The highest BCUT2D eigenvalue weighted by atomic mass is 16.7. The predicted molar refractivity (Wildman–Crippen MR) is 153 cm³/mol. The zero-order valence-corrected chi connectivity index (χ0v) is 23.4. The largest absolute Gasteiger partial charge is 0.497 e. The molecule has 2 heterocycles. The maximum atomic E-state index is 13.9. The number of carbonyl (C=O) groups excluding carboxylic acids is 2. The molecule has 2 amide bonds. The molecule has 0 bridgehead atoms. The SMILES string of the molecule is COCOc1ccc2c(c1)C[C@@H](c1ccc(OC)cc1)[C@@H](O)C(=O)N2CC1CCCN1C(=O)OCc1ccccc1. The van der Waals surface area contributed by atoms with Gasteiger partial charge in [-0.25, -0.2) is 4.79 Å². The molecule has 0 aromatic heterocycles. The minimum Gasteiger partial charge on any atom is -0.497 e. The van der Waals surface area contributed by atoms with E-state index in [4.69, 9.17) is 18.9 Å². The molecule has 3 aromatic rings. The van der Waals surface area contributed by atoms with E-state index < -0.39 is 24.0 Å². The van der Waals surface area contributed by atoms with Gasteiger partial charge in [0, 0.05) is 31.8 Å². The molecular weight excluding hydrogens is 524 g/mol. The van der Waals surface area contributed by atoms with Crippen molar-refractivity contribution in [3.05, 3.63) is 89.5 Å². The molecule has 0 radical (unpaired) electrons. The van der Waals surface area contributed by atoms with Crippen LogP contribution >= 0.6 is 0 Å². The summed E-state index contributed by atoms with van der Waals surface area (Å²) in [6, 6.07) is 22.2. The number of amides is 2. The van der Waals surface area contributed by atoms with Crippen molar-refractivity contribution >= 4 is 17.7 Å². The molecule has 1 N–H and O–H groups in total. The van der Waals surface area contributed by atoms with E-state index in [0.717, 1.165) is 29.5 Å². The zero-order chi connectivity index (χ0) is 28.8. The van der Waals surface area contributed by atoms with Crippen LogP contribution in [0.3, 0.4) is 0 Å². The van der Waals surface area contributed by atoms with Crippen molar-refractivity contribution < 1.29 is 33.6 Å². The number of ether oxygens (including phenoxy) is 4. The Hall–Kier alpha value is -4.08. The number of aliphatic hydroxyl groups excluding tert-OH is 1. The van der Waals surface area contributed by atoms with Gasteiger partial charge in [-0.15, -0.1) is 0 Å². The number of carbonyl (C=O) groups is 2. The molecule has 9 nitrogen and oxygen atoms in total. The average Bonchev–Trinajstić information content (AvgIpc) is 3.45. The van der Waals surface area contributed by atoms with Gasteiger partial charge in [-0.05, 0) is 66.3 Å². The summed E-state index contributed by atoms with van der Waals surface area (Å²) in [7, 11) is 3.15. The van der Waals surface area contributed by atoms with Gasteiger partial charge in [0.1, 0.15) is 24.2 Å². The smallest absolute Gasteiger partial charge is 0.410 e. The molecule has 0 spiro atoms. The maximum Gasteiger partial charge on any atom is 0.410 e. The van der Waals surface area contributed by atoms with Crippen LogP contribution in [0, 0.1) is 0 Å². The van der Waals surface area contributed by atoms with Crippen molar-refractivity contribution in [1.29, 1.82) is 0 Å². The van der Waals surface area contributed by atoms with Gasteiger partial charge in [0.25, 0.3) is 5.91 Å². The third kappa shape index (κ3) is 6.47. The highest BCUT2D eigenvalue weighted by Gasteiger charge is 2.40. The van der Waals surface area contributed by atoms with Crippen LogP contribution in [0.15, 0.2) is 72.8 Å². The standard InChI is InChI=1S/C32H36N2O7/c1-38-21-41-27-14-15-29-24(17-27)18-28(23-10-12-26(39-2)13-11-23)30(35)31(36)34(29)19-25-9-6-16-33(25)32(37)40-20-22-7-4-3-5-8-22/h3-5,7-8,10-15,17,25,28,30,35H,6,9,16,18-21H2,1-2H3/t25?,28-,30+/m0/s1. The minimum absolute atomic E-state index is 0.0914. The van der Waals surface area contributed by atoms with E-state index in [1.54, 1.807) is 30.1 Å². The Balaban J connectivity index is 1.40. The second-order valence-electron chi connectivity index (χ2n) is 10.3. The first-order valence-electron chi connectivity index (χ1n) is 13.8. The molecule has 1 unspecified atom stereocenters. The summed E-state index contributed by atoms with van der Waals surface area (Å²) in [6.45, 7) is 1.07. The first-order chi connectivity index (χ1) is 20.0. The van der Waals surface area contributed by atoms with Gasteiger partial charge >= 0.3 is 6.09 Å². The fourth-order valence-corrected chi connectivity index (χ4v) is 5.62. The van der Waals surface area contributed by atoms with Crippen LogP contribution in [0.5, 0.6) is 11.5 Å². The van der Waals surface area contributed by atoms with E-state index in [-0.39, 0.29) is 26.0 Å². The van der Waals surface area contributed by atoms with Gasteiger partial charge in [-0.3, -0.25) is 4.79 Å². The van der Waals surface area contributed by atoms with Crippen LogP contribution < -0.4 is 14.4 Å². The topological polar surface area (TPSA) is 97.8 Å². The summed E-state index contributed by atoms with van der Waals surface area (Å²) >= 11 is 0. The van der Waals surface area contributed by atoms with Gasteiger partial charge in [0.15, 0.2) is 6.79 Å². The van der Waals surface area contributed by atoms with Crippen LogP contribution in [0.25, 0.3) is 0 Å². The number of benzene rings is 3. The lowest BCUT2D eigenvalue weighted by Gasteiger charge is -2.32. The van der Waals surface area contributed by atoms with Crippen LogP contribution in [0.4, 0.5) is 10.5 Å². The third-order valence-corrected chi connectivity index (χ3v) is 7.78. The molecule has 2 aliphatic rings. The Morgan fingerprint density at radius 1 is 1.00 bits per heavy atom. The van der Waals surface area contributed by atoms with E-state index >= 15 is 0 Å². The summed E-state index contributed by atoms with van der Waals surface area (Å²) in [5, 5.41) is 11.4. The predicted octanol–water partition coefficient (Wildman–Crippen LogP) is 4.51. The van der Waals surface area contributed by atoms with Crippen molar-refractivity contribution in [2.75, 3.05) is 39.0 Å². The Bertz CT molecular complexity index is 1330. The quantitative estimate of drug-likeness (QED) is 0.385. The molecule has 0 saturated carbocycles. The first kappa shape index (κ1) is 28.4. The number of methoxy groups -OCH3 is 2. The molecule has 216 valence electrons. The Morgan fingerprint density at radius 3 is 2.49 bits per heavy atom. The molecule has 1 fully saturated rings. The number of likely N-dealkylation sites (tertiary alicyclic amines) is 1. The van der Waals surface area contributed by atoms with E-state index in [0.29, 0.717) is 30.2 Å². The average molecular weight is 561 g/mol. The second kappa shape index (κ2) is 13.1. The first-order valence-corrected chi connectivity index (χ1v) is 13.8. The lowest BCUT2D eigenvalue weighted by Crippen LogP contribution is -2.48. The Morgan fingerprint density at radius 2 is 1.76 bits per heavy atom. The fraction of sp³-hybridized carbons (Fsp3) is 0.375. The van der Waals surface area contributed by atoms with Crippen molar-refractivity contribution in [2.45, 2.75) is 43.9 Å². The monoisotopic (exact) mass is 560 g/mol. The molecular formula is C32H36N2O7. The highest BCUT2D eigenvalue weighted by Crippen LogP contribution is 2.38. The number of fused-ring (bicyclic) bond motifs is 1. The number of rotatable bonds is 9. The fourth-order valence-electron chi connectivity index (χ4n) is 5.62. The van der Waals surface area contributed by atoms with E-state index in [2.05, 4.69) is 0 Å². The van der Waals surface area contributed by atoms with E-state index in [1.807, 2.05) is 66.7 Å². The van der Waals surface area contributed by atoms with Gasteiger partial charge in [-0.2, -0.15) is 0 Å². The summed E-state index contributed by atoms with van der Waals surface area (Å²) in [5.41, 5.74) is 3.29. The van der Waals surface area contributed by atoms with Crippen LogP contribution in [0.2, 0.25) is 0 Å². The molecule has 3 atom stereocenters. The molecule has 9 heteroatoms. The van der Waals surface area contributed by atoms with Crippen molar-refractivity contribution in [3.8, 4) is 11.5 Å². The lowest BCUT2D eigenvalue weighted by molar-refractivity contribution is -0.127. The summed E-state index contributed by atoms with van der Waals surface area (Å²) in [6.07, 6.45) is 0.272. The molecule has 0 aliphatic carbocycles. The lowest BCUT2D eigenvalue weighted by atomic mass is 9.87. The van der Waals surface area contributed by atoms with Gasteiger partial charge in [-0.1, -0.05) is 42.5 Å². The zero-order valence-electron chi connectivity index (χ0n) is 23.4. The summed E-state index contributed by atoms with van der Waals surface area (Å²) in [5.74, 6) is 0.417. The van der Waals surface area contributed by atoms with Gasteiger partial charge in [0.2, 0.25) is 0 Å². The van der Waals surface area contributed by atoms with Crippen LogP contribution in [-0.2, 0) is 27.3 Å². The Kier molecular flexibility index (Phi) is 9.06. The number of anilines is 1. The molecule has 41 heavy (non-hydrogen) atoms. The summed E-state index contributed by atoms with van der Waals surface area (Å²) < 4.78 is 21.7. The minimum atomic E-state index is -1.28. The molecule has 2 aliphatic heterocycles. The Labute approximate surface area is 240 Å². The van der Waals surface area contributed by atoms with Gasteiger partial charge in [0.05, 0.1) is 13.2 Å². The number of hydrogen-bond donors (Lipinski definition) is 1. The summed E-state index contributed by atoms with van der Waals surface area (Å²) in [4.78, 5) is 30.3. The highest BCUT2D eigenvalue weighted by molar-refractivity contribution is 5.99. The van der Waals surface area contributed by atoms with E-state index in [9.17, 15) is 14.7 Å². The van der Waals surface area contributed by atoms with Crippen molar-refractivity contribution in [2.24, 2.45) is 0 Å². The number of aliphatic hydroxyl groups is 1. The molecule has 3 aromatic carbocycles. The van der Waals surface area contributed by atoms with Crippen molar-refractivity contribution in [1.82, 2.24) is 4.90 Å². The normalized spacial score (nSPS) is 20.4. The van der Waals surface area contributed by atoms with Gasteiger partial charge < -0.3 is 33.9 Å². The van der Waals surface area contributed by atoms with Crippen molar-refractivity contribution in [3.63, 3.8) is 0 Å². The third-order valence-electron chi connectivity index (χ3n) is 7.78. The molecule has 5 rings (SSSR count). The van der Waals surface area contributed by atoms with Crippen LogP contribution in [0.1, 0.15) is 35.4 Å². The van der Waals surface area contributed by atoms with Crippen LogP contribution in [-0.4, -0.2) is 68.3 Å². The molecule has 1 saturated heterocycles.